The van der Waals surface area contributed by atoms with Gasteiger partial charge in [-0.15, -0.1) is 0 Å². The number of morpholine rings is 2. The molecule has 2 aromatic rings. The number of nitrogens with zero attached hydrogens (tertiary/aromatic N) is 2. The molecule has 0 amide bonds. The van der Waals surface area contributed by atoms with Gasteiger partial charge >= 0.3 is 5.97 Å². The lowest BCUT2D eigenvalue weighted by molar-refractivity contribution is -0.142. The summed E-state index contributed by atoms with van der Waals surface area (Å²) in [6.45, 7) is 8.30. The van der Waals surface area contributed by atoms with E-state index in [9.17, 15) is 9.90 Å². The highest BCUT2D eigenvalue weighted by Gasteiger charge is 2.40. The third-order valence-corrected chi connectivity index (χ3v) is 6.37. The van der Waals surface area contributed by atoms with Gasteiger partial charge in [0.1, 0.15) is 5.41 Å². The van der Waals surface area contributed by atoms with Crippen LogP contribution < -0.4 is 9.80 Å². The fourth-order valence-electron chi connectivity index (χ4n) is 4.53. The fraction of sp³-hybridized carbons (Fsp3) is 0.458. The molecule has 0 bridgehead atoms. The van der Waals surface area contributed by atoms with Gasteiger partial charge in [-0.2, -0.15) is 0 Å². The van der Waals surface area contributed by atoms with Gasteiger partial charge < -0.3 is 24.4 Å². The van der Waals surface area contributed by atoms with E-state index in [1.807, 2.05) is 55.5 Å². The molecule has 0 radical (unpaired) electrons. The number of anilines is 2. The summed E-state index contributed by atoms with van der Waals surface area (Å²) in [5, 5.41) is 10.3. The van der Waals surface area contributed by atoms with Crippen molar-refractivity contribution in [2.75, 3.05) is 62.4 Å². The minimum absolute atomic E-state index is 0.482. The lowest BCUT2D eigenvalue weighted by atomic mass is 9.72. The SMILES string of the molecule is CCC(C(=O)O)(c1ccc(N2CCOCC2)cc1)c1ccc(N2CCOCC2)cc1. The van der Waals surface area contributed by atoms with Gasteiger partial charge in [-0.05, 0) is 41.8 Å². The zero-order valence-corrected chi connectivity index (χ0v) is 17.5. The van der Waals surface area contributed by atoms with Gasteiger partial charge in [-0.3, -0.25) is 4.79 Å². The van der Waals surface area contributed by atoms with Gasteiger partial charge in [0.2, 0.25) is 0 Å². The summed E-state index contributed by atoms with van der Waals surface area (Å²) in [6.07, 6.45) is 0.482. The van der Waals surface area contributed by atoms with Crippen molar-refractivity contribution in [2.24, 2.45) is 0 Å². The van der Waals surface area contributed by atoms with Crippen LogP contribution in [0.4, 0.5) is 11.4 Å². The topological polar surface area (TPSA) is 62.2 Å². The van der Waals surface area contributed by atoms with Crippen LogP contribution in [0.25, 0.3) is 0 Å². The Labute approximate surface area is 178 Å². The molecule has 2 heterocycles. The Kier molecular flexibility index (Phi) is 6.25. The molecule has 0 atom stereocenters. The second kappa shape index (κ2) is 9.06. The molecule has 6 nitrogen and oxygen atoms in total. The van der Waals surface area contributed by atoms with Crippen molar-refractivity contribution < 1.29 is 19.4 Å². The van der Waals surface area contributed by atoms with E-state index < -0.39 is 11.4 Å². The minimum Gasteiger partial charge on any atom is -0.480 e. The number of aliphatic carboxylic acids is 1. The smallest absolute Gasteiger partial charge is 0.318 e. The normalized spacial score (nSPS) is 17.8. The zero-order valence-electron chi connectivity index (χ0n) is 17.5. The summed E-state index contributed by atoms with van der Waals surface area (Å²) < 4.78 is 10.9. The largest absolute Gasteiger partial charge is 0.480 e. The molecule has 30 heavy (non-hydrogen) atoms. The van der Waals surface area contributed by atoms with Crippen LogP contribution in [0.3, 0.4) is 0 Å². The van der Waals surface area contributed by atoms with Gasteiger partial charge in [0.15, 0.2) is 0 Å². The van der Waals surface area contributed by atoms with Crippen LogP contribution in [-0.4, -0.2) is 63.7 Å². The highest BCUT2D eigenvalue weighted by atomic mass is 16.5. The molecular weight excluding hydrogens is 380 g/mol. The van der Waals surface area contributed by atoms with Crippen LogP contribution in [-0.2, 0) is 19.7 Å². The number of carbonyl (C=O) groups is 1. The van der Waals surface area contributed by atoms with Crippen LogP contribution in [0.2, 0.25) is 0 Å². The van der Waals surface area contributed by atoms with Gasteiger partial charge in [0.05, 0.1) is 26.4 Å². The second-order valence-corrected chi connectivity index (χ2v) is 7.86. The molecule has 6 heteroatoms. The number of carboxylic acid groups (broad SMARTS) is 1. The average molecular weight is 411 g/mol. The highest BCUT2D eigenvalue weighted by molar-refractivity contribution is 5.86. The van der Waals surface area contributed by atoms with E-state index in [-0.39, 0.29) is 0 Å². The monoisotopic (exact) mass is 410 g/mol. The first-order valence-corrected chi connectivity index (χ1v) is 10.7. The number of rotatable bonds is 6. The first-order valence-electron chi connectivity index (χ1n) is 10.7. The summed E-state index contributed by atoms with van der Waals surface area (Å²) in [6, 6.07) is 16.0. The first-order chi connectivity index (χ1) is 14.6. The van der Waals surface area contributed by atoms with Gasteiger partial charge in [0.25, 0.3) is 0 Å². The molecule has 160 valence electrons. The summed E-state index contributed by atoms with van der Waals surface area (Å²) in [4.78, 5) is 17.1. The molecule has 0 spiro atoms. The Morgan fingerprint density at radius 3 is 1.47 bits per heavy atom. The number of carboxylic acids is 1. The van der Waals surface area contributed by atoms with E-state index in [2.05, 4.69) is 9.80 Å². The molecule has 2 saturated heterocycles. The highest BCUT2D eigenvalue weighted by Crippen LogP contribution is 2.38. The van der Waals surface area contributed by atoms with Crippen molar-refractivity contribution in [2.45, 2.75) is 18.8 Å². The maximum atomic E-state index is 12.6. The number of ether oxygens (including phenoxy) is 2. The Balaban J connectivity index is 1.63. The van der Waals surface area contributed by atoms with Crippen molar-refractivity contribution in [1.82, 2.24) is 0 Å². The molecule has 0 unspecified atom stereocenters. The molecule has 0 aliphatic carbocycles. The van der Waals surface area contributed by atoms with Crippen LogP contribution in [0.5, 0.6) is 0 Å². The summed E-state index contributed by atoms with van der Waals surface area (Å²) in [5.74, 6) is -0.816. The van der Waals surface area contributed by atoms with E-state index in [1.165, 1.54) is 0 Å². The van der Waals surface area contributed by atoms with E-state index in [0.717, 1.165) is 75.1 Å². The van der Waals surface area contributed by atoms with Gasteiger partial charge in [-0.1, -0.05) is 31.2 Å². The molecule has 4 rings (SSSR count). The van der Waals surface area contributed by atoms with Crippen molar-refractivity contribution >= 4 is 17.3 Å². The third-order valence-electron chi connectivity index (χ3n) is 6.37. The van der Waals surface area contributed by atoms with Crippen molar-refractivity contribution in [3.63, 3.8) is 0 Å². The van der Waals surface area contributed by atoms with Gasteiger partial charge in [0, 0.05) is 37.6 Å². The number of benzene rings is 2. The molecular formula is C24H30N2O4. The number of hydrogen-bond acceptors (Lipinski definition) is 5. The van der Waals surface area contributed by atoms with E-state index >= 15 is 0 Å². The van der Waals surface area contributed by atoms with E-state index in [4.69, 9.17) is 9.47 Å². The predicted octanol–water partition coefficient (Wildman–Crippen LogP) is 3.14. The third kappa shape index (κ3) is 3.89. The Hall–Kier alpha value is -2.57. The molecule has 2 fully saturated rings. The maximum absolute atomic E-state index is 12.6. The minimum atomic E-state index is -1.06. The molecule has 0 saturated carbocycles. The average Bonchev–Trinajstić information content (AvgIpc) is 2.82. The zero-order chi connectivity index (χ0) is 21.0. The Morgan fingerprint density at radius 1 is 0.800 bits per heavy atom. The van der Waals surface area contributed by atoms with Crippen LogP contribution in [0.15, 0.2) is 48.5 Å². The van der Waals surface area contributed by atoms with Gasteiger partial charge in [-0.25, -0.2) is 0 Å². The lowest BCUT2D eigenvalue weighted by Gasteiger charge is -2.33. The van der Waals surface area contributed by atoms with Crippen LogP contribution in [0, 0.1) is 0 Å². The first kappa shape index (κ1) is 20.7. The van der Waals surface area contributed by atoms with Crippen LogP contribution in [0.1, 0.15) is 24.5 Å². The van der Waals surface area contributed by atoms with Crippen LogP contribution >= 0.6 is 0 Å². The molecule has 2 aliphatic rings. The fourth-order valence-corrected chi connectivity index (χ4v) is 4.53. The van der Waals surface area contributed by atoms with Crippen molar-refractivity contribution in [3.8, 4) is 0 Å². The quantitative estimate of drug-likeness (QED) is 0.790. The molecule has 2 aliphatic heterocycles. The van der Waals surface area contributed by atoms with Crippen molar-refractivity contribution in [1.29, 1.82) is 0 Å². The standard InChI is InChI=1S/C24H30N2O4/c1-2-24(23(27)28,19-3-7-21(8-4-19)25-11-15-29-16-12-25)20-5-9-22(10-6-20)26-13-17-30-18-14-26/h3-10H,2,11-18H2,1H3,(H,27,28). The van der Waals surface area contributed by atoms with Crippen molar-refractivity contribution in [3.05, 3.63) is 59.7 Å². The molecule has 0 aromatic heterocycles. The number of hydrogen-bond donors (Lipinski definition) is 1. The lowest BCUT2D eigenvalue weighted by Crippen LogP contribution is -2.38. The molecule has 2 aromatic carbocycles. The summed E-state index contributed by atoms with van der Waals surface area (Å²) in [5.41, 5.74) is 2.79. The van der Waals surface area contributed by atoms with E-state index in [1.54, 1.807) is 0 Å². The Morgan fingerprint density at radius 2 is 1.17 bits per heavy atom. The summed E-state index contributed by atoms with van der Waals surface area (Å²) >= 11 is 0. The second-order valence-electron chi connectivity index (χ2n) is 7.86. The maximum Gasteiger partial charge on any atom is 0.318 e. The predicted molar refractivity (Wildman–Crippen MR) is 118 cm³/mol. The van der Waals surface area contributed by atoms with E-state index in [0.29, 0.717) is 6.42 Å². The molecule has 1 N–H and O–H groups in total. The Bertz CT molecular complexity index is 777. The summed E-state index contributed by atoms with van der Waals surface area (Å²) in [7, 11) is 0.